The highest BCUT2D eigenvalue weighted by Crippen LogP contribution is 2.60. The van der Waals surface area contributed by atoms with Crippen molar-refractivity contribution in [2.75, 3.05) is 11.9 Å². The van der Waals surface area contributed by atoms with Crippen LogP contribution in [0.2, 0.25) is 0 Å². The Labute approximate surface area is 172 Å². The highest BCUT2D eigenvalue weighted by molar-refractivity contribution is 5.94. The minimum Gasteiger partial charge on any atom is -0.356 e. The van der Waals surface area contributed by atoms with Crippen LogP contribution in [0.15, 0.2) is 42.5 Å². The molecule has 0 aliphatic heterocycles. The lowest BCUT2D eigenvalue weighted by Gasteiger charge is -2.55. The third-order valence-electron chi connectivity index (χ3n) is 7.42. The average Bonchev–Trinajstić information content (AvgIpc) is 2.70. The first kappa shape index (κ1) is 18.7. The Morgan fingerprint density at radius 2 is 1.55 bits per heavy atom. The maximum Gasteiger partial charge on any atom is 0.226 e. The number of hydrogen-bond donors (Lipinski definition) is 2. The molecule has 4 heteroatoms. The van der Waals surface area contributed by atoms with Gasteiger partial charge in [-0.05, 0) is 85.6 Å². The molecular formula is C25H30N2O2. The van der Waals surface area contributed by atoms with Gasteiger partial charge in [0.15, 0.2) is 0 Å². The van der Waals surface area contributed by atoms with Gasteiger partial charge in [0.2, 0.25) is 11.8 Å². The van der Waals surface area contributed by atoms with Gasteiger partial charge in [-0.2, -0.15) is 0 Å². The van der Waals surface area contributed by atoms with E-state index >= 15 is 0 Å². The van der Waals surface area contributed by atoms with Crippen LogP contribution in [0, 0.1) is 23.2 Å². The zero-order valence-corrected chi connectivity index (χ0v) is 17.0. The highest BCUT2D eigenvalue weighted by atomic mass is 16.2. The normalized spacial score (nSPS) is 29.7. The smallest absolute Gasteiger partial charge is 0.226 e. The quantitative estimate of drug-likeness (QED) is 0.690. The van der Waals surface area contributed by atoms with Gasteiger partial charge >= 0.3 is 0 Å². The Morgan fingerprint density at radius 3 is 2.24 bits per heavy atom. The maximum absolute atomic E-state index is 12.9. The molecule has 152 valence electrons. The van der Waals surface area contributed by atoms with Crippen LogP contribution >= 0.6 is 0 Å². The molecule has 4 aliphatic rings. The first-order chi connectivity index (χ1) is 14.1. The third kappa shape index (κ3) is 3.77. The summed E-state index contributed by atoms with van der Waals surface area (Å²) >= 11 is 0. The minimum atomic E-state index is -0.0951. The molecule has 4 nitrogen and oxygen atoms in total. The molecule has 4 saturated carbocycles. The van der Waals surface area contributed by atoms with E-state index in [1.807, 2.05) is 36.4 Å². The average molecular weight is 391 g/mol. The van der Waals surface area contributed by atoms with Crippen molar-refractivity contribution in [3.8, 4) is 0 Å². The van der Waals surface area contributed by atoms with E-state index < -0.39 is 0 Å². The Kier molecular flexibility index (Phi) is 4.81. The first-order valence-electron chi connectivity index (χ1n) is 11.2. The molecule has 6 rings (SSSR count). The second kappa shape index (κ2) is 7.47. The van der Waals surface area contributed by atoms with Crippen molar-refractivity contribution >= 4 is 28.3 Å². The van der Waals surface area contributed by atoms with E-state index in [2.05, 4.69) is 16.7 Å². The van der Waals surface area contributed by atoms with Gasteiger partial charge in [-0.25, -0.2) is 0 Å². The number of rotatable bonds is 6. The molecule has 0 atom stereocenters. The second-order valence-electron chi connectivity index (χ2n) is 9.67. The van der Waals surface area contributed by atoms with Crippen molar-refractivity contribution in [2.24, 2.45) is 23.2 Å². The molecule has 4 fully saturated rings. The van der Waals surface area contributed by atoms with Crippen LogP contribution < -0.4 is 10.6 Å². The molecule has 2 N–H and O–H groups in total. The van der Waals surface area contributed by atoms with Gasteiger partial charge in [-0.3, -0.25) is 9.59 Å². The number of hydrogen-bond acceptors (Lipinski definition) is 2. The predicted octanol–water partition coefficient (Wildman–Crippen LogP) is 4.89. The summed E-state index contributed by atoms with van der Waals surface area (Å²) in [5.41, 5.74) is 0.730. The Hall–Kier alpha value is -2.36. The van der Waals surface area contributed by atoms with Crippen LogP contribution in [0.25, 0.3) is 10.8 Å². The zero-order chi connectivity index (χ0) is 19.8. The van der Waals surface area contributed by atoms with Crippen molar-refractivity contribution in [3.05, 3.63) is 42.5 Å². The molecule has 0 aromatic heterocycles. The molecule has 4 aliphatic carbocycles. The Morgan fingerprint density at radius 1 is 0.897 bits per heavy atom. The van der Waals surface area contributed by atoms with Crippen molar-refractivity contribution < 1.29 is 9.59 Å². The van der Waals surface area contributed by atoms with E-state index in [4.69, 9.17) is 0 Å². The summed E-state index contributed by atoms with van der Waals surface area (Å²) in [6.45, 7) is 0.589. The minimum absolute atomic E-state index is 0.00401. The molecule has 2 aromatic rings. The molecule has 4 bridgehead atoms. The van der Waals surface area contributed by atoms with E-state index in [0.717, 1.165) is 53.5 Å². The topological polar surface area (TPSA) is 58.2 Å². The number of benzene rings is 2. The summed E-state index contributed by atoms with van der Waals surface area (Å²) in [5, 5.41) is 8.43. The van der Waals surface area contributed by atoms with Crippen LogP contribution in [-0.4, -0.2) is 18.4 Å². The fourth-order valence-corrected chi connectivity index (χ4v) is 6.52. The summed E-state index contributed by atoms with van der Waals surface area (Å²) in [5.74, 6) is 2.59. The summed E-state index contributed by atoms with van der Waals surface area (Å²) in [6, 6.07) is 14.1. The van der Waals surface area contributed by atoms with E-state index in [0.29, 0.717) is 19.4 Å². The number of nitrogens with one attached hydrogen (secondary N) is 2. The monoisotopic (exact) mass is 390 g/mol. The molecule has 29 heavy (non-hydrogen) atoms. The van der Waals surface area contributed by atoms with Crippen molar-refractivity contribution in [1.29, 1.82) is 0 Å². The Balaban J connectivity index is 1.09. The van der Waals surface area contributed by atoms with Gasteiger partial charge in [0, 0.05) is 24.1 Å². The summed E-state index contributed by atoms with van der Waals surface area (Å²) in [4.78, 5) is 25.2. The second-order valence-corrected chi connectivity index (χ2v) is 9.67. The highest BCUT2D eigenvalue weighted by Gasteiger charge is 2.54. The number of anilines is 1. The van der Waals surface area contributed by atoms with Gasteiger partial charge < -0.3 is 10.6 Å². The molecule has 0 saturated heterocycles. The van der Waals surface area contributed by atoms with Gasteiger partial charge in [0.1, 0.15) is 0 Å². The van der Waals surface area contributed by atoms with Crippen molar-refractivity contribution in [3.63, 3.8) is 0 Å². The lowest BCUT2D eigenvalue weighted by Crippen LogP contribution is -2.53. The lowest BCUT2D eigenvalue weighted by molar-refractivity contribution is -0.146. The zero-order valence-electron chi connectivity index (χ0n) is 17.0. The van der Waals surface area contributed by atoms with Crippen molar-refractivity contribution in [2.45, 2.75) is 51.4 Å². The van der Waals surface area contributed by atoms with Crippen LogP contribution in [0.1, 0.15) is 51.4 Å². The van der Waals surface area contributed by atoms with Gasteiger partial charge in [0.05, 0.1) is 0 Å². The lowest BCUT2D eigenvalue weighted by atomic mass is 9.49. The first-order valence-corrected chi connectivity index (χ1v) is 11.2. The van der Waals surface area contributed by atoms with E-state index in [9.17, 15) is 9.59 Å². The largest absolute Gasteiger partial charge is 0.356 e. The number of carbonyl (C=O) groups is 2. The predicted molar refractivity (Wildman–Crippen MR) is 115 cm³/mol. The molecule has 0 radical (unpaired) electrons. The van der Waals surface area contributed by atoms with Crippen LogP contribution in [0.4, 0.5) is 5.69 Å². The number of fused-ring (bicyclic) bond motifs is 1. The molecule has 0 spiro atoms. The third-order valence-corrected chi connectivity index (χ3v) is 7.42. The number of carbonyl (C=O) groups excluding carboxylic acids is 2. The van der Waals surface area contributed by atoms with Crippen LogP contribution in [-0.2, 0) is 9.59 Å². The molecule has 0 heterocycles. The molecular weight excluding hydrogens is 360 g/mol. The van der Waals surface area contributed by atoms with Crippen molar-refractivity contribution in [1.82, 2.24) is 5.32 Å². The van der Waals surface area contributed by atoms with E-state index in [1.54, 1.807) is 0 Å². The van der Waals surface area contributed by atoms with Gasteiger partial charge in [-0.15, -0.1) is 0 Å². The number of amides is 2. The molecule has 2 amide bonds. The SMILES string of the molecule is O=C(CCCNC(=O)C12CC3CC(CC(C3)C1)C2)Nc1ccc2ccccc2c1. The summed E-state index contributed by atoms with van der Waals surface area (Å²) < 4.78 is 0. The van der Waals surface area contributed by atoms with E-state index in [-0.39, 0.29) is 17.2 Å². The van der Waals surface area contributed by atoms with Crippen LogP contribution in [0.5, 0.6) is 0 Å². The fraction of sp³-hybridized carbons (Fsp3) is 0.520. The standard InChI is InChI=1S/C25H30N2O2/c28-23(27-22-8-7-20-4-1-2-5-21(20)13-22)6-3-9-26-24(29)25-14-17-10-18(15-25)12-19(11-17)16-25/h1-2,4-5,7-8,13,17-19H,3,6,9-12,14-16H2,(H,26,29)(H,27,28). The molecule has 2 aromatic carbocycles. The van der Waals surface area contributed by atoms with Gasteiger partial charge in [-0.1, -0.05) is 30.3 Å². The van der Waals surface area contributed by atoms with E-state index in [1.165, 1.54) is 19.3 Å². The fourth-order valence-electron chi connectivity index (χ4n) is 6.52. The molecule has 0 unspecified atom stereocenters. The van der Waals surface area contributed by atoms with Crippen LogP contribution in [0.3, 0.4) is 0 Å². The maximum atomic E-state index is 12.9. The summed E-state index contributed by atoms with van der Waals surface area (Å²) in [7, 11) is 0. The van der Waals surface area contributed by atoms with Gasteiger partial charge in [0.25, 0.3) is 0 Å². The summed E-state index contributed by atoms with van der Waals surface area (Å²) in [6.07, 6.45) is 8.42. The Bertz CT molecular complexity index is 900.